The normalized spacial score (nSPS) is 11.2. The second-order valence-electron chi connectivity index (χ2n) is 4.27. The van der Waals surface area contributed by atoms with Crippen LogP contribution in [0.3, 0.4) is 0 Å². The number of hydrogen-bond acceptors (Lipinski definition) is 1. The van der Waals surface area contributed by atoms with Gasteiger partial charge >= 0.3 is 5.97 Å². The Morgan fingerprint density at radius 2 is 1.78 bits per heavy atom. The van der Waals surface area contributed by atoms with Crippen LogP contribution in [0.25, 0.3) is 21.8 Å². The Morgan fingerprint density at radius 1 is 1.11 bits per heavy atom. The van der Waals surface area contributed by atoms with Crippen molar-refractivity contribution in [3.05, 3.63) is 45.5 Å². The van der Waals surface area contributed by atoms with E-state index >= 15 is 0 Å². The van der Waals surface area contributed by atoms with Crippen LogP contribution < -0.4 is 0 Å². The molecule has 0 aliphatic heterocycles. The lowest BCUT2D eigenvalue weighted by Crippen LogP contribution is -1.99. The number of fused-ring (bicyclic) bond motifs is 3. The molecule has 4 heteroatoms. The summed E-state index contributed by atoms with van der Waals surface area (Å²) in [5, 5.41) is 11.1. The SMILES string of the molecule is O=C(O)Cc1ccc2[nH]c3ccc(I)cc3c2c1. The third kappa shape index (κ3) is 1.96. The molecule has 18 heavy (non-hydrogen) atoms. The van der Waals surface area contributed by atoms with Crippen molar-refractivity contribution in [1.29, 1.82) is 0 Å². The smallest absolute Gasteiger partial charge is 0.307 e. The predicted octanol–water partition coefficient (Wildman–Crippen LogP) is 3.55. The highest BCUT2D eigenvalue weighted by Gasteiger charge is 2.07. The summed E-state index contributed by atoms with van der Waals surface area (Å²) >= 11 is 2.28. The minimum absolute atomic E-state index is 0.0620. The molecule has 2 aromatic carbocycles. The van der Waals surface area contributed by atoms with E-state index in [1.165, 1.54) is 3.57 Å². The quantitative estimate of drug-likeness (QED) is 0.694. The van der Waals surface area contributed by atoms with E-state index in [0.29, 0.717) is 0 Å². The van der Waals surface area contributed by atoms with E-state index in [1.807, 2.05) is 24.3 Å². The van der Waals surface area contributed by atoms with Gasteiger partial charge in [-0.05, 0) is 58.5 Å². The van der Waals surface area contributed by atoms with Crippen molar-refractivity contribution in [3.8, 4) is 0 Å². The first kappa shape index (κ1) is 11.5. The first-order valence-electron chi connectivity index (χ1n) is 5.55. The highest BCUT2D eigenvalue weighted by Crippen LogP contribution is 2.27. The molecule has 3 nitrogen and oxygen atoms in total. The average Bonchev–Trinajstić information content (AvgIpc) is 2.66. The highest BCUT2D eigenvalue weighted by atomic mass is 127. The summed E-state index contributed by atoms with van der Waals surface area (Å²) in [5.74, 6) is -0.802. The van der Waals surface area contributed by atoms with Gasteiger partial charge in [0.2, 0.25) is 0 Å². The Kier molecular flexibility index (Phi) is 2.74. The Balaban J connectivity index is 2.27. The number of hydrogen-bond donors (Lipinski definition) is 2. The van der Waals surface area contributed by atoms with Crippen molar-refractivity contribution in [2.24, 2.45) is 0 Å². The van der Waals surface area contributed by atoms with Crippen LogP contribution in [0.15, 0.2) is 36.4 Å². The van der Waals surface area contributed by atoms with Crippen LogP contribution in [0.1, 0.15) is 5.56 Å². The van der Waals surface area contributed by atoms with Crippen LogP contribution in [-0.2, 0) is 11.2 Å². The number of benzene rings is 2. The molecule has 3 rings (SSSR count). The van der Waals surface area contributed by atoms with Crippen molar-refractivity contribution in [2.75, 3.05) is 0 Å². The monoisotopic (exact) mass is 351 g/mol. The minimum Gasteiger partial charge on any atom is -0.481 e. The summed E-state index contributed by atoms with van der Waals surface area (Å²) in [6.07, 6.45) is 0.0620. The zero-order valence-corrected chi connectivity index (χ0v) is 11.6. The lowest BCUT2D eigenvalue weighted by molar-refractivity contribution is -0.136. The van der Waals surface area contributed by atoms with Gasteiger partial charge in [-0.15, -0.1) is 0 Å². The maximum atomic E-state index is 10.8. The highest BCUT2D eigenvalue weighted by molar-refractivity contribution is 14.1. The maximum Gasteiger partial charge on any atom is 0.307 e. The number of carboxylic acids is 1. The van der Waals surface area contributed by atoms with Gasteiger partial charge in [-0.3, -0.25) is 4.79 Å². The van der Waals surface area contributed by atoms with E-state index in [9.17, 15) is 4.79 Å². The van der Waals surface area contributed by atoms with Crippen molar-refractivity contribution >= 4 is 50.4 Å². The van der Waals surface area contributed by atoms with Gasteiger partial charge in [0.15, 0.2) is 0 Å². The standard InChI is InChI=1S/C14H10INO2/c15-9-2-4-13-11(7-9)10-5-8(6-14(17)18)1-3-12(10)16-13/h1-5,7,16H,6H2,(H,17,18). The minimum atomic E-state index is -0.802. The molecule has 0 saturated heterocycles. The van der Waals surface area contributed by atoms with E-state index in [0.717, 1.165) is 27.4 Å². The van der Waals surface area contributed by atoms with Crippen molar-refractivity contribution in [1.82, 2.24) is 4.98 Å². The molecule has 0 aliphatic carbocycles. The predicted molar refractivity (Wildman–Crippen MR) is 79.9 cm³/mol. The summed E-state index contributed by atoms with van der Waals surface area (Å²) in [6, 6.07) is 12.0. The fourth-order valence-corrected chi connectivity index (χ4v) is 2.69. The molecule has 0 fully saturated rings. The van der Waals surface area contributed by atoms with Gasteiger partial charge < -0.3 is 10.1 Å². The second kappa shape index (κ2) is 4.28. The molecule has 90 valence electrons. The summed E-state index contributed by atoms with van der Waals surface area (Å²) in [7, 11) is 0. The van der Waals surface area contributed by atoms with E-state index in [4.69, 9.17) is 5.11 Å². The Morgan fingerprint density at radius 3 is 2.50 bits per heavy atom. The number of aromatic amines is 1. The molecule has 0 spiro atoms. The number of aliphatic carboxylic acids is 1. The first-order chi connectivity index (χ1) is 8.63. The van der Waals surface area contributed by atoms with Gasteiger partial charge in [0.25, 0.3) is 0 Å². The van der Waals surface area contributed by atoms with Gasteiger partial charge in [-0.25, -0.2) is 0 Å². The van der Waals surface area contributed by atoms with Crippen LogP contribution in [0.4, 0.5) is 0 Å². The molecule has 0 radical (unpaired) electrons. The molecule has 0 aliphatic rings. The molecule has 1 aromatic heterocycles. The van der Waals surface area contributed by atoms with Crippen LogP contribution >= 0.6 is 22.6 Å². The Hall–Kier alpha value is -1.56. The van der Waals surface area contributed by atoms with Gasteiger partial charge in [0.05, 0.1) is 6.42 Å². The van der Waals surface area contributed by atoms with Crippen LogP contribution in [0, 0.1) is 3.57 Å². The number of halogens is 1. The summed E-state index contributed by atoms with van der Waals surface area (Å²) in [6.45, 7) is 0. The van der Waals surface area contributed by atoms with Gasteiger partial charge in [0.1, 0.15) is 0 Å². The molecule has 2 N–H and O–H groups in total. The third-order valence-electron chi connectivity index (χ3n) is 2.98. The Bertz CT molecular complexity index is 761. The topological polar surface area (TPSA) is 53.1 Å². The average molecular weight is 351 g/mol. The fraction of sp³-hybridized carbons (Fsp3) is 0.0714. The van der Waals surface area contributed by atoms with Crippen molar-refractivity contribution in [3.63, 3.8) is 0 Å². The molecule has 0 unspecified atom stereocenters. The molecule has 1 heterocycles. The number of aromatic nitrogens is 1. The molecule has 3 aromatic rings. The molecule has 0 bridgehead atoms. The second-order valence-corrected chi connectivity index (χ2v) is 5.51. The van der Waals surface area contributed by atoms with E-state index < -0.39 is 5.97 Å². The number of rotatable bonds is 2. The number of carbonyl (C=O) groups is 1. The number of carboxylic acid groups (broad SMARTS) is 1. The molecular formula is C14H10INO2. The zero-order valence-electron chi connectivity index (χ0n) is 9.40. The van der Waals surface area contributed by atoms with E-state index in [1.54, 1.807) is 0 Å². The van der Waals surface area contributed by atoms with E-state index in [-0.39, 0.29) is 6.42 Å². The molecular weight excluding hydrogens is 341 g/mol. The maximum absolute atomic E-state index is 10.8. The molecule has 0 amide bonds. The molecule has 0 atom stereocenters. The van der Waals surface area contributed by atoms with E-state index in [2.05, 4.69) is 39.7 Å². The van der Waals surface area contributed by atoms with Crippen molar-refractivity contribution in [2.45, 2.75) is 6.42 Å². The fourth-order valence-electron chi connectivity index (χ4n) is 2.20. The van der Waals surface area contributed by atoms with Crippen molar-refractivity contribution < 1.29 is 9.90 Å². The number of H-pyrrole nitrogens is 1. The summed E-state index contributed by atoms with van der Waals surface area (Å²) in [5.41, 5.74) is 2.95. The zero-order chi connectivity index (χ0) is 12.7. The first-order valence-corrected chi connectivity index (χ1v) is 6.63. The van der Waals surface area contributed by atoms with Crippen LogP contribution in [0.5, 0.6) is 0 Å². The van der Waals surface area contributed by atoms with Crippen LogP contribution in [0.2, 0.25) is 0 Å². The summed E-state index contributed by atoms with van der Waals surface area (Å²) in [4.78, 5) is 14.1. The third-order valence-corrected chi connectivity index (χ3v) is 3.65. The lowest BCUT2D eigenvalue weighted by Gasteiger charge is -1.98. The summed E-state index contributed by atoms with van der Waals surface area (Å²) < 4.78 is 1.17. The van der Waals surface area contributed by atoms with Crippen LogP contribution in [-0.4, -0.2) is 16.1 Å². The molecule has 0 saturated carbocycles. The largest absolute Gasteiger partial charge is 0.481 e. The van der Waals surface area contributed by atoms with Gasteiger partial charge in [0, 0.05) is 25.4 Å². The number of nitrogens with one attached hydrogen (secondary N) is 1. The Labute approximate surface area is 117 Å². The van der Waals surface area contributed by atoms with Gasteiger partial charge in [-0.2, -0.15) is 0 Å². The lowest BCUT2D eigenvalue weighted by atomic mass is 10.1. The van der Waals surface area contributed by atoms with Gasteiger partial charge in [-0.1, -0.05) is 6.07 Å².